The largest absolute Gasteiger partial charge is 0.324 e. The zero-order valence-electron chi connectivity index (χ0n) is 15.1. The monoisotopic (exact) mass is 416 g/mol. The van der Waals surface area contributed by atoms with E-state index in [1.165, 1.54) is 15.6 Å². The fraction of sp³-hybridized carbons (Fsp3) is 0.263. The number of hydrogen-bond donors (Lipinski definition) is 1. The minimum absolute atomic E-state index is 0.120. The number of fused-ring (bicyclic) bond motifs is 1. The molecule has 2 aromatic heterocycles. The van der Waals surface area contributed by atoms with Gasteiger partial charge in [0.05, 0.1) is 17.7 Å². The molecule has 1 aromatic carbocycles. The Morgan fingerprint density at radius 2 is 1.89 bits per heavy atom. The van der Waals surface area contributed by atoms with Crippen molar-refractivity contribution in [1.82, 2.24) is 14.2 Å². The Morgan fingerprint density at radius 1 is 1.07 bits per heavy atom. The standard InChI is InChI=1S/C19H20N4O3S2/c24-18(21-17-6-1-5-16-15(17)4-2-8-20-16)14-22-9-11-23(12-10-22)28(25,26)19-7-3-13-27-19/h1-8,13H,9-12,14H2,(H,21,24). The Labute approximate surface area is 167 Å². The van der Waals surface area contributed by atoms with E-state index in [0.717, 1.165) is 16.6 Å². The topological polar surface area (TPSA) is 82.6 Å². The van der Waals surface area contributed by atoms with Crippen molar-refractivity contribution in [1.29, 1.82) is 0 Å². The van der Waals surface area contributed by atoms with Crippen LogP contribution in [0.25, 0.3) is 10.9 Å². The molecule has 0 atom stereocenters. The van der Waals surface area contributed by atoms with Crippen LogP contribution in [-0.4, -0.2) is 61.2 Å². The van der Waals surface area contributed by atoms with Crippen LogP contribution in [-0.2, 0) is 14.8 Å². The lowest BCUT2D eigenvalue weighted by molar-refractivity contribution is -0.117. The molecule has 1 saturated heterocycles. The van der Waals surface area contributed by atoms with Crippen molar-refractivity contribution in [3.63, 3.8) is 0 Å². The number of benzene rings is 1. The number of pyridine rings is 1. The van der Waals surface area contributed by atoms with Gasteiger partial charge in [0.25, 0.3) is 10.0 Å². The molecular formula is C19H20N4O3S2. The molecule has 3 aromatic rings. The Morgan fingerprint density at radius 3 is 2.64 bits per heavy atom. The van der Waals surface area contributed by atoms with Crippen molar-refractivity contribution in [2.75, 3.05) is 38.0 Å². The number of thiophene rings is 1. The maximum absolute atomic E-state index is 12.6. The number of amides is 1. The van der Waals surface area contributed by atoms with Crippen LogP contribution in [0.4, 0.5) is 5.69 Å². The molecule has 7 nitrogen and oxygen atoms in total. The first kappa shape index (κ1) is 19.0. The first-order chi connectivity index (χ1) is 13.5. The third-order valence-corrected chi connectivity index (χ3v) is 7.98. The zero-order valence-corrected chi connectivity index (χ0v) is 16.7. The highest BCUT2D eigenvalue weighted by molar-refractivity contribution is 7.91. The molecule has 1 aliphatic heterocycles. The van der Waals surface area contributed by atoms with E-state index in [1.54, 1.807) is 23.7 Å². The van der Waals surface area contributed by atoms with Gasteiger partial charge >= 0.3 is 0 Å². The van der Waals surface area contributed by atoms with Gasteiger partial charge in [0, 0.05) is 37.8 Å². The molecule has 1 N–H and O–H groups in total. The van der Waals surface area contributed by atoms with Gasteiger partial charge in [-0.25, -0.2) is 8.42 Å². The van der Waals surface area contributed by atoms with Gasteiger partial charge in [0.1, 0.15) is 4.21 Å². The number of carbonyl (C=O) groups excluding carboxylic acids is 1. The molecule has 0 saturated carbocycles. The number of piperazine rings is 1. The third-order valence-electron chi connectivity index (χ3n) is 4.71. The Bertz CT molecular complexity index is 1070. The number of nitrogens with one attached hydrogen (secondary N) is 1. The lowest BCUT2D eigenvalue weighted by Crippen LogP contribution is -2.50. The van der Waals surface area contributed by atoms with Gasteiger partial charge in [-0.15, -0.1) is 11.3 Å². The number of anilines is 1. The highest BCUT2D eigenvalue weighted by Crippen LogP contribution is 2.23. The van der Waals surface area contributed by atoms with Crippen LogP contribution in [0.1, 0.15) is 0 Å². The highest BCUT2D eigenvalue weighted by atomic mass is 32.2. The van der Waals surface area contributed by atoms with Crippen LogP contribution >= 0.6 is 11.3 Å². The molecule has 0 radical (unpaired) electrons. The fourth-order valence-corrected chi connectivity index (χ4v) is 5.84. The van der Waals surface area contributed by atoms with E-state index >= 15 is 0 Å². The van der Waals surface area contributed by atoms with Crippen LogP contribution in [0, 0.1) is 0 Å². The SMILES string of the molecule is O=C(CN1CCN(S(=O)(=O)c2cccs2)CC1)Nc1cccc2ncccc12. The smallest absolute Gasteiger partial charge is 0.252 e. The van der Waals surface area contributed by atoms with Crippen LogP contribution in [0.15, 0.2) is 58.3 Å². The second kappa shape index (κ2) is 7.96. The molecule has 9 heteroatoms. The number of aromatic nitrogens is 1. The predicted octanol–water partition coefficient (Wildman–Crippen LogP) is 2.24. The van der Waals surface area contributed by atoms with E-state index < -0.39 is 10.0 Å². The number of carbonyl (C=O) groups is 1. The number of rotatable bonds is 5. The summed E-state index contributed by atoms with van der Waals surface area (Å²) in [5.74, 6) is -0.120. The van der Waals surface area contributed by atoms with Crippen molar-refractivity contribution in [2.45, 2.75) is 4.21 Å². The first-order valence-electron chi connectivity index (χ1n) is 8.94. The molecule has 0 aliphatic carbocycles. The average Bonchev–Trinajstić information content (AvgIpc) is 3.24. The van der Waals surface area contributed by atoms with Gasteiger partial charge in [-0.1, -0.05) is 12.1 Å². The lowest BCUT2D eigenvalue weighted by atomic mass is 10.2. The van der Waals surface area contributed by atoms with E-state index in [0.29, 0.717) is 30.4 Å². The average molecular weight is 417 g/mol. The van der Waals surface area contributed by atoms with Gasteiger partial charge in [0.15, 0.2) is 0 Å². The van der Waals surface area contributed by atoms with E-state index in [9.17, 15) is 13.2 Å². The molecule has 0 bridgehead atoms. The molecule has 1 fully saturated rings. The molecule has 1 aliphatic rings. The summed E-state index contributed by atoms with van der Waals surface area (Å²) in [6, 6.07) is 12.7. The normalized spacial score (nSPS) is 16.3. The van der Waals surface area contributed by atoms with Crippen LogP contribution in [0.2, 0.25) is 0 Å². The van der Waals surface area contributed by atoms with Crippen LogP contribution < -0.4 is 5.32 Å². The van der Waals surface area contributed by atoms with Gasteiger partial charge in [0.2, 0.25) is 5.91 Å². The van der Waals surface area contributed by atoms with Crippen molar-refractivity contribution in [3.8, 4) is 0 Å². The maximum Gasteiger partial charge on any atom is 0.252 e. The summed E-state index contributed by atoms with van der Waals surface area (Å²) in [5, 5.41) is 5.60. The minimum atomic E-state index is -3.43. The predicted molar refractivity (Wildman–Crippen MR) is 110 cm³/mol. The second-order valence-corrected chi connectivity index (χ2v) is 9.65. The van der Waals surface area contributed by atoms with Gasteiger partial charge in [-0.05, 0) is 35.7 Å². The Hall–Kier alpha value is -2.33. The van der Waals surface area contributed by atoms with Crippen LogP contribution in [0.3, 0.4) is 0 Å². The van der Waals surface area contributed by atoms with E-state index in [2.05, 4.69) is 10.3 Å². The highest BCUT2D eigenvalue weighted by Gasteiger charge is 2.29. The number of hydrogen-bond acceptors (Lipinski definition) is 6. The van der Waals surface area contributed by atoms with Crippen LogP contribution in [0.5, 0.6) is 0 Å². The second-order valence-electron chi connectivity index (χ2n) is 6.54. The van der Waals surface area contributed by atoms with E-state index in [4.69, 9.17) is 0 Å². The third kappa shape index (κ3) is 3.93. The molecular weight excluding hydrogens is 396 g/mol. The maximum atomic E-state index is 12.6. The summed E-state index contributed by atoms with van der Waals surface area (Å²) in [5.41, 5.74) is 1.56. The summed E-state index contributed by atoms with van der Waals surface area (Å²) in [4.78, 5) is 18.8. The molecule has 0 spiro atoms. The molecule has 3 heterocycles. The Balaban J connectivity index is 1.35. The number of nitrogens with zero attached hydrogens (tertiary/aromatic N) is 3. The lowest BCUT2D eigenvalue weighted by Gasteiger charge is -2.33. The molecule has 0 unspecified atom stereocenters. The van der Waals surface area contributed by atoms with Gasteiger partial charge in [-0.2, -0.15) is 4.31 Å². The van der Waals surface area contributed by atoms with E-state index in [1.807, 2.05) is 35.2 Å². The molecule has 28 heavy (non-hydrogen) atoms. The minimum Gasteiger partial charge on any atom is -0.324 e. The first-order valence-corrected chi connectivity index (χ1v) is 11.3. The summed E-state index contributed by atoms with van der Waals surface area (Å²) < 4.78 is 27.0. The zero-order chi connectivity index (χ0) is 19.6. The fourth-order valence-electron chi connectivity index (χ4n) is 3.27. The number of sulfonamides is 1. The van der Waals surface area contributed by atoms with Crippen molar-refractivity contribution < 1.29 is 13.2 Å². The quantitative estimate of drug-likeness (QED) is 0.690. The Kier molecular flexibility index (Phi) is 5.40. The van der Waals surface area contributed by atoms with Crippen molar-refractivity contribution in [3.05, 3.63) is 54.0 Å². The van der Waals surface area contributed by atoms with Crippen molar-refractivity contribution >= 4 is 43.9 Å². The van der Waals surface area contributed by atoms with Crippen molar-refractivity contribution in [2.24, 2.45) is 0 Å². The molecule has 1 amide bonds. The summed E-state index contributed by atoms with van der Waals surface area (Å²) >= 11 is 1.22. The summed E-state index contributed by atoms with van der Waals surface area (Å²) in [6.07, 6.45) is 1.72. The summed E-state index contributed by atoms with van der Waals surface area (Å²) in [7, 11) is -3.43. The van der Waals surface area contributed by atoms with E-state index in [-0.39, 0.29) is 12.5 Å². The van der Waals surface area contributed by atoms with Gasteiger partial charge < -0.3 is 5.32 Å². The summed E-state index contributed by atoms with van der Waals surface area (Å²) in [6.45, 7) is 2.03. The van der Waals surface area contributed by atoms with Gasteiger partial charge in [-0.3, -0.25) is 14.7 Å². The molecule has 146 valence electrons. The molecule has 4 rings (SSSR count).